The van der Waals surface area contributed by atoms with Crippen LogP contribution in [0, 0.1) is 18.6 Å². The highest BCUT2D eigenvalue weighted by atomic mass is 19.1. The number of H-pyrrole nitrogens is 1. The number of aryl methyl sites for hydroxylation is 1. The third-order valence-electron chi connectivity index (χ3n) is 6.17. The number of aromatic amines is 1. The molecule has 1 saturated heterocycles. The highest BCUT2D eigenvalue weighted by Gasteiger charge is 2.29. The minimum absolute atomic E-state index is 0.0425. The van der Waals surface area contributed by atoms with E-state index >= 15 is 0 Å². The van der Waals surface area contributed by atoms with Crippen LogP contribution in [-0.2, 0) is 4.79 Å². The lowest BCUT2D eigenvalue weighted by Gasteiger charge is -2.28. The smallest absolute Gasteiger partial charge is 0.272 e. The molecule has 0 aliphatic carbocycles. The van der Waals surface area contributed by atoms with Crippen molar-refractivity contribution in [1.29, 1.82) is 0 Å². The molecule has 0 bridgehead atoms. The Morgan fingerprint density at radius 2 is 2.00 bits per heavy atom. The lowest BCUT2D eigenvalue weighted by atomic mass is 10.1. The summed E-state index contributed by atoms with van der Waals surface area (Å²) < 4.78 is 28.5. The van der Waals surface area contributed by atoms with Crippen LogP contribution in [0.25, 0.3) is 10.9 Å². The van der Waals surface area contributed by atoms with Crippen LogP contribution in [0.15, 0.2) is 36.4 Å². The summed E-state index contributed by atoms with van der Waals surface area (Å²) in [4.78, 5) is 31.7. The van der Waals surface area contributed by atoms with Gasteiger partial charge in [-0.3, -0.25) is 9.59 Å². The molecule has 1 aliphatic rings. The number of nitrogens with one attached hydrogen (secondary N) is 2. The Morgan fingerprint density at radius 3 is 2.70 bits per heavy atom. The predicted octanol–water partition coefficient (Wildman–Crippen LogP) is 4.84. The number of rotatable bonds is 6. The van der Waals surface area contributed by atoms with Crippen molar-refractivity contribution in [2.45, 2.75) is 39.7 Å². The van der Waals surface area contributed by atoms with Crippen LogP contribution in [0.3, 0.4) is 0 Å². The van der Waals surface area contributed by atoms with Gasteiger partial charge in [0.2, 0.25) is 5.91 Å². The highest BCUT2D eigenvalue weighted by Crippen LogP contribution is 2.28. The topological polar surface area (TPSA) is 68.4 Å². The van der Waals surface area contributed by atoms with Crippen LogP contribution in [0.1, 0.15) is 42.7 Å². The number of hydrogen-bond donors (Lipinski definition) is 2. The summed E-state index contributed by atoms with van der Waals surface area (Å²) in [5.74, 6) is -1.32. The van der Waals surface area contributed by atoms with E-state index in [9.17, 15) is 18.4 Å². The van der Waals surface area contributed by atoms with Crippen LogP contribution < -0.4 is 10.2 Å². The number of carbonyl (C=O) groups excluding carboxylic acids is 2. The lowest BCUT2D eigenvalue weighted by Crippen LogP contribution is -2.41. The number of hydrogen-bond acceptors (Lipinski definition) is 3. The van der Waals surface area contributed by atoms with Crippen LogP contribution in [0.2, 0.25) is 0 Å². The van der Waals surface area contributed by atoms with Gasteiger partial charge in [0.05, 0.1) is 11.6 Å². The first-order chi connectivity index (χ1) is 15.8. The molecule has 174 valence electrons. The fraction of sp³-hybridized carbons (Fsp3) is 0.360. The maximum absolute atomic E-state index is 14.4. The van der Waals surface area contributed by atoms with E-state index in [0.29, 0.717) is 41.9 Å². The van der Waals surface area contributed by atoms with Gasteiger partial charge >= 0.3 is 0 Å². The van der Waals surface area contributed by atoms with Crippen molar-refractivity contribution in [3.8, 4) is 0 Å². The van der Waals surface area contributed by atoms with E-state index in [4.69, 9.17) is 0 Å². The summed E-state index contributed by atoms with van der Waals surface area (Å²) in [5.41, 5.74) is 2.54. The molecule has 1 aliphatic heterocycles. The SMILES string of the molecule is CCCN(C(C)=O)[C@@H]1CCN(c2cc(F)cc(NC(=O)c3cc4c(F)ccc(C)c4[nH]3)c2)C1. The van der Waals surface area contributed by atoms with E-state index in [2.05, 4.69) is 10.3 Å². The van der Waals surface area contributed by atoms with Gasteiger partial charge in [-0.2, -0.15) is 0 Å². The number of aromatic nitrogens is 1. The van der Waals surface area contributed by atoms with Crippen molar-refractivity contribution in [2.24, 2.45) is 0 Å². The zero-order valence-corrected chi connectivity index (χ0v) is 19.0. The number of fused-ring (bicyclic) bond motifs is 1. The molecule has 3 aromatic rings. The third kappa shape index (κ3) is 4.69. The molecular formula is C25H28F2N4O2. The highest BCUT2D eigenvalue weighted by molar-refractivity contribution is 6.06. The molecule has 1 atom stereocenters. The summed E-state index contributed by atoms with van der Waals surface area (Å²) in [5, 5.41) is 3.05. The normalized spacial score (nSPS) is 15.8. The molecule has 0 spiro atoms. The molecular weight excluding hydrogens is 426 g/mol. The second kappa shape index (κ2) is 9.21. The molecule has 0 unspecified atom stereocenters. The van der Waals surface area contributed by atoms with Crippen LogP contribution >= 0.6 is 0 Å². The molecule has 33 heavy (non-hydrogen) atoms. The largest absolute Gasteiger partial charge is 0.369 e. The number of carbonyl (C=O) groups is 2. The van der Waals surface area contributed by atoms with Crippen LogP contribution in [0.5, 0.6) is 0 Å². The Hall–Kier alpha value is -3.42. The molecule has 1 fully saturated rings. The summed E-state index contributed by atoms with van der Waals surface area (Å²) >= 11 is 0. The molecule has 2 amide bonds. The fourth-order valence-corrected chi connectivity index (χ4v) is 4.54. The van der Waals surface area contributed by atoms with Gasteiger partial charge < -0.3 is 20.1 Å². The van der Waals surface area contributed by atoms with Gasteiger partial charge in [0.25, 0.3) is 5.91 Å². The van der Waals surface area contributed by atoms with E-state index in [1.54, 1.807) is 19.1 Å². The summed E-state index contributed by atoms with van der Waals surface area (Å²) in [6, 6.07) is 8.95. The number of benzene rings is 2. The summed E-state index contributed by atoms with van der Waals surface area (Å²) in [6.07, 6.45) is 1.68. The zero-order chi connectivity index (χ0) is 23.7. The van der Waals surface area contributed by atoms with E-state index in [-0.39, 0.29) is 17.6 Å². The van der Waals surface area contributed by atoms with E-state index in [1.165, 1.54) is 24.3 Å². The summed E-state index contributed by atoms with van der Waals surface area (Å²) in [7, 11) is 0. The minimum Gasteiger partial charge on any atom is -0.369 e. The van der Waals surface area contributed by atoms with Crippen molar-refractivity contribution in [2.75, 3.05) is 29.9 Å². The van der Waals surface area contributed by atoms with Crippen molar-refractivity contribution < 1.29 is 18.4 Å². The monoisotopic (exact) mass is 454 g/mol. The van der Waals surface area contributed by atoms with Gasteiger partial charge in [0, 0.05) is 43.3 Å². The molecule has 2 N–H and O–H groups in total. The molecule has 4 rings (SSSR count). The van der Waals surface area contributed by atoms with E-state index in [1.807, 2.05) is 23.6 Å². The number of nitrogens with zero attached hydrogens (tertiary/aromatic N) is 2. The minimum atomic E-state index is -0.480. The molecule has 2 heterocycles. The van der Waals surface area contributed by atoms with E-state index in [0.717, 1.165) is 18.4 Å². The van der Waals surface area contributed by atoms with Crippen molar-refractivity contribution in [3.05, 3.63) is 59.3 Å². The second-order valence-corrected chi connectivity index (χ2v) is 8.59. The van der Waals surface area contributed by atoms with E-state index < -0.39 is 17.5 Å². The standard InChI is InChI=1S/C25H28F2N4O2/c1-4-8-31(16(3)32)19-7-9-30(14-19)20-11-17(26)10-18(12-20)28-25(33)23-13-21-22(27)6-5-15(2)24(21)29-23/h5-6,10-13,19,29H,4,7-9,14H2,1-3H3,(H,28,33)/t19-/m1/s1. The molecule has 0 radical (unpaired) electrons. The van der Waals surface area contributed by atoms with Gasteiger partial charge in [-0.15, -0.1) is 0 Å². The fourth-order valence-electron chi connectivity index (χ4n) is 4.54. The Balaban J connectivity index is 1.52. The van der Waals surface area contributed by atoms with Crippen LogP contribution in [-0.4, -0.2) is 47.4 Å². The number of amides is 2. The third-order valence-corrected chi connectivity index (χ3v) is 6.17. The summed E-state index contributed by atoms with van der Waals surface area (Å²) in [6.45, 7) is 7.43. The molecule has 1 aromatic heterocycles. The number of anilines is 2. The Morgan fingerprint density at radius 1 is 1.21 bits per heavy atom. The predicted molar refractivity (Wildman–Crippen MR) is 126 cm³/mol. The van der Waals surface area contributed by atoms with Gasteiger partial charge in [0.1, 0.15) is 17.3 Å². The second-order valence-electron chi connectivity index (χ2n) is 8.59. The average molecular weight is 455 g/mol. The molecule has 8 heteroatoms. The maximum atomic E-state index is 14.4. The van der Waals surface area contributed by atoms with Crippen molar-refractivity contribution in [3.63, 3.8) is 0 Å². The Bertz CT molecular complexity index is 1170. The van der Waals surface area contributed by atoms with Crippen molar-refractivity contribution >= 4 is 34.1 Å². The molecule has 2 aromatic carbocycles. The van der Waals surface area contributed by atoms with Gasteiger partial charge in [-0.1, -0.05) is 13.0 Å². The first kappa shape index (κ1) is 22.8. The number of halogens is 2. The van der Waals surface area contributed by atoms with Gasteiger partial charge in [-0.05, 0) is 55.7 Å². The molecule has 0 saturated carbocycles. The van der Waals surface area contributed by atoms with Gasteiger partial charge in [0.15, 0.2) is 0 Å². The maximum Gasteiger partial charge on any atom is 0.272 e. The van der Waals surface area contributed by atoms with Crippen molar-refractivity contribution in [1.82, 2.24) is 9.88 Å². The Kier molecular flexibility index (Phi) is 6.35. The lowest BCUT2D eigenvalue weighted by molar-refractivity contribution is -0.130. The zero-order valence-electron chi connectivity index (χ0n) is 19.0. The Labute approximate surface area is 191 Å². The molecule has 6 nitrogen and oxygen atoms in total. The van der Waals surface area contributed by atoms with Crippen LogP contribution in [0.4, 0.5) is 20.2 Å². The van der Waals surface area contributed by atoms with Gasteiger partial charge in [-0.25, -0.2) is 8.78 Å². The average Bonchev–Trinajstić information content (AvgIpc) is 3.42. The first-order valence-corrected chi connectivity index (χ1v) is 11.2. The quantitative estimate of drug-likeness (QED) is 0.560. The first-order valence-electron chi connectivity index (χ1n) is 11.2.